The van der Waals surface area contributed by atoms with Crippen LogP contribution >= 0.6 is 11.6 Å². The number of rotatable bonds is 5. The molecule has 0 fully saturated rings. The molecule has 3 aromatic rings. The monoisotopic (exact) mass is 417 g/mol. The molecule has 0 aliphatic rings. The van der Waals surface area contributed by atoms with Crippen LogP contribution in [-0.2, 0) is 22.7 Å². The van der Waals surface area contributed by atoms with Crippen molar-refractivity contribution in [2.75, 3.05) is 0 Å². The van der Waals surface area contributed by atoms with Crippen molar-refractivity contribution in [3.05, 3.63) is 65.3 Å². The lowest BCUT2D eigenvalue weighted by atomic mass is 10.2. The van der Waals surface area contributed by atoms with Crippen molar-refractivity contribution in [2.45, 2.75) is 17.6 Å². The Hall–Kier alpha value is -2.50. The SMILES string of the molecule is O=S(=O)(NCc1cccnc1-n1cncn1)c1ccc(Cl)cc1C(F)(F)F. The Labute approximate surface area is 156 Å². The second-order valence-electron chi connectivity index (χ2n) is 5.29. The quantitative estimate of drug-likeness (QED) is 0.689. The topological polar surface area (TPSA) is 89.8 Å². The highest BCUT2D eigenvalue weighted by molar-refractivity contribution is 7.89. The van der Waals surface area contributed by atoms with Crippen LogP contribution in [0.15, 0.2) is 54.1 Å². The summed E-state index contributed by atoms with van der Waals surface area (Å²) in [7, 11) is -4.48. The number of alkyl halides is 3. The molecule has 142 valence electrons. The van der Waals surface area contributed by atoms with Gasteiger partial charge in [0.05, 0.1) is 10.5 Å². The maximum atomic E-state index is 13.2. The van der Waals surface area contributed by atoms with Gasteiger partial charge in [0.1, 0.15) is 12.7 Å². The summed E-state index contributed by atoms with van der Waals surface area (Å²) in [6.45, 7) is -0.300. The first-order chi connectivity index (χ1) is 12.7. The van der Waals surface area contributed by atoms with Gasteiger partial charge in [0.2, 0.25) is 10.0 Å². The lowest BCUT2D eigenvalue weighted by molar-refractivity contribution is -0.139. The molecule has 0 saturated carbocycles. The fourth-order valence-corrected chi connectivity index (χ4v) is 3.69. The summed E-state index contributed by atoms with van der Waals surface area (Å²) in [5, 5.41) is 3.69. The molecule has 7 nitrogen and oxygen atoms in total. The van der Waals surface area contributed by atoms with Gasteiger partial charge in [-0.2, -0.15) is 18.3 Å². The second-order valence-corrected chi connectivity index (χ2v) is 7.46. The van der Waals surface area contributed by atoms with Crippen LogP contribution in [0.4, 0.5) is 13.2 Å². The molecule has 0 unspecified atom stereocenters. The zero-order valence-corrected chi connectivity index (χ0v) is 14.9. The number of halogens is 4. The van der Waals surface area contributed by atoms with Crippen LogP contribution in [0.5, 0.6) is 0 Å². The Morgan fingerprint density at radius 1 is 1.22 bits per heavy atom. The van der Waals surface area contributed by atoms with Crippen LogP contribution in [0.25, 0.3) is 5.82 Å². The average molecular weight is 418 g/mol. The summed E-state index contributed by atoms with van der Waals surface area (Å²) in [5.74, 6) is 0.296. The van der Waals surface area contributed by atoms with E-state index in [0.29, 0.717) is 17.4 Å². The van der Waals surface area contributed by atoms with E-state index in [2.05, 4.69) is 19.8 Å². The Bertz CT molecular complexity index is 1060. The summed E-state index contributed by atoms with van der Waals surface area (Å²) in [6.07, 6.45) is -0.779. The molecule has 1 aromatic carbocycles. The van der Waals surface area contributed by atoms with Crippen LogP contribution in [0.2, 0.25) is 5.02 Å². The molecule has 2 aromatic heterocycles. The number of nitrogens with one attached hydrogen (secondary N) is 1. The lowest BCUT2D eigenvalue weighted by Gasteiger charge is -2.15. The third-order valence-electron chi connectivity index (χ3n) is 3.49. The standard InChI is InChI=1S/C15H11ClF3N5O2S/c16-11-3-4-13(12(6-11)15(17,18)19)27(25,26)23-7-10-2-1-5-21-14(10)24-9-20-8-22-24/h1-6,8-9,23H,7H2. The van der Waals surface area contributed by atoms with Gasteiger partial charge < -0.3 is 0 Å². The van der Waals surface area contributed by atoms with Crippen molar-refractivity contribution >= 4 is 21.6 Å². The van der Waals surface area contributed by atoms with Crippen LogP contribution in [0.3, 0.4) is 0 Å². The van der Waals surface area contributed by atoms with Crippen LogP contribution < -0.4 is 4.72 Å². The average Bonchev–Trinajstić information content (AvgIpc) is 3.14. The molecule has 2 heterocycles. The summed E-state index contributed by atoms with van der Waals surface area (Å²) in [6, 6.07) is 5.60. The maximum Gasteiger partial charge on any atom is 0.417 e. The minimum absolute atomic E-state index is 0.220. The van der Waals surface area contributed by atoms with E-state index in [1.54, 1.807) is 12.1 Å². The molecular weight excluding hydrogens is 407 g/mol. The summed E-state index contributed by atoms with van der Waals surface area (Å²) in [4.78, 5) is 6.96. The molecule has 0 aliphatic heterocycles. The number of benzene rings is 1. The molecule has 0 atom stereocenters. The fourth-order valence-electron chi connectivity index (χ4n) is 2.30. The summed E-state index contributed by atoms with van der Waals surface area (Å²) < 4.78 is 68.0. The van der Waals surface area contributed by atoms with Crippen LogP contribution in [0, 0.1) is 0 Å². The molecule has 0 spiro atoms. The van der Waals surface area contributed by atoms with E-state index in [1.165, 1.54) is 23.5 Å². The number of hydrogen-bond donors (Lipinski definition) is 1. The molecular formula is C15H11ClF3N5O2S. The van der Waals surface area contributed by atoms with Crippen molar-refractivity contribution in [2.24, 2.45) is 0 Å². The molecule has 12 heteroatoms. The number of aromatic nitrogens is 4. The van der Waals surface area contributed by atoms with E-state index >= 15 is 0 Å². The number of sulfonamides is 1. The first-order valence-electron chi connectivity index (χ1n) is 7.34. The third kappa shape index (κ3) is 4.26. The molecule has 0 radical (unpaired) electrons. The highest BCUT2D eigenvalue weighted by Crippen LogP contribution is 2.35. The largest absolute Gasteiger partial charge is 0.417 e. The summed E-state index contributed by atoms with van der Waals surface area (Å²) >= 11 is 5.58. The zero-order chi connectivity index (χ0) is 19.7. The van der Waals surface area contributed by atoms with E-state index in [4.69, 9.17) is 11.6 Å². The molecule has 0 bridgehead atoms. The summed E-state index contributed by atoms with van der Waals surface area (Å²) in [5.41, 5.74) is -0.945. The lowest BCUT2D eigenvalue weighted by Crippen LogP contribution is -2.26. The van der Waals surface area contributed by atoms with Crippen molar-refractivity contribution < 1.29 is 21.6 Å². The van der Waals surface area contributed by atoms with Gasteiger partial charge in [-0.25, -0.2) is 27.8 Å². The van der Waals surface area contributed by atoms with E-state index in [-0.39, 0.29) is 11.6 Å². The predicted molar refractivity (Wildman–Crippen MR) is 89.6 cm³/mol. The molecule has 0 saturated heterocycles. The minimum Gasteiger partial charge on any atom is -0.237 e. The Kier molecular flexibility index (Phi) is 5.18. The van der Waals surface area contributed by atoms with Gasteiger partial charge in [-0.1, -0.05) is 17.7 Å². The molecule has 0 amide bonds. The van der Waals surface area contributed by atoms with Gasteiger partial charge >= 0.3 is 6.18 Å². The molecule has 3 rings (SSSR count). The Balaban J connectivity index is 1.92. The van der Waals surface area contributed by atoms with Gasteiger partial charge in [-0.15, -0.1) is 0 Å². The smallest absolute Gasteiger partial charge is 0.237 e. The van der Waals surface area contributed by atoms with E-state index < -0.39 is 26.7 Å². The number of pyridine rings is 1. The van der Waals surface area contributed by atoms with Crippen molar-refractivity contribution in [3.63, 3.8) is 0 Å². The molecule has 1 N–H and O–H groups in total. The Morgan fingerprint density at radius 3 is 2.67 bits per heavy atom. The van der Waals surface area contributed by atoms with Gasteiger partial charge in [-0.3, -0.25) is 0 Å². The minimum atomic E-state index is -4.88. The highest BCUT2D eigenvalue weighted by Gasteiger charge is 2.37. The molecule has 27 heavy (non-hydrogen) atoms. The highest BCUT2D eigenvalue weighted by atomic mass is 35.5. The fraction of sp³-hybridized carbons (Fsp3) is 0.133. The van der Waals surface area contributed by atoms with Crippen molar-refractivity contribution in [1.82, 2.24) is 24.5 Å². The van der Waals surface area contributed by atoms with Gasteiger partial charge in [-0.05, 0) is 24.3 Å². The van der Waals surface area contributed by atoms with E-state index in [0.717, 1.165) is 12.1 Å². The normalized spacial score (nSPS) is 12.3. The second kappa shape index (κ2) is 7.25. The van der Waals surface area contributed by atoms with Gasteiger partial charge in [0.15, 0.2) is 5.82 Å². The Morgan fingerprint density at radius 2 is 2.00 bits per heavy atom. The van der Waals surface area contributed by atoms with Crippen molar-refractivity contribution in [1.29, 1.82) is 0 Å². The van der Waals surface area contributed by atoms with Crippen LogP contribution in [0.1, 0.15) is 11.1 Å². The van der Waals surface area contributed by atoms with Crippen LogP contribution in [-0.4, -0.2) is 28.2 Å². The first kappa shape index (κ1) is 19.3. The number of nitrogens with zero attached hydrogens (tertiary/aromatic N) is 4. The first-order valence-corrected chi connectivity index (χ1v) is 9.20. The molecule has 0 aliphatic carbocycles. The van der Waals surface area contributed by atoms with Gasteiger partial charge in [0.25, 0.3) is 0 Å². The van der Waals surface area contributed by atoms with E-state index in [1.807, 2.05) is 0 Å². The number of hydrogen-bond acceptors (Lipinski definition) is 5. The van der Waals surface area contributed by atoms with Crippen molar-refractivity contribution in [3.8, 4) is 5.82 Å². The maximum absolute atomic E-state index is 13.2. The third-order valence-corrected chi connectivity index (χ3v) is 5.19. The van der Waals surface area contributed by atoms with Gasteiger partial charge in [0, 0.05) is 23.3 Å². The van der Waals surface area contributed by atoms with E-state index in [9.17, 15) is 21.6 Å². The zero-order valence-electron chi connectivity index (χ0n) is 13.4. The predicted octanol–water partition coefficient (Wildman–Crippen LogP) is 2.81.